The van der Waals surface area contributed by atoms with Gasteiger partial charge in [0.15, 0.2) is 18.9 Å². The van der Waals surface area contributed by atoms with Crippen molar-refractivity contribution in [2.45, 2.75) is 221 Å². The molecule has 4 aliphatic heterocycles. The van der Waals surface area contributed by atoms with E-state index in [1.54, 1.807) is 0 Å². The van der Waals surface area contributed by atoms with Gasteiger partial charge in [-0.3, -0.25) is 0 Å². The molecule has 8 rings (SSSR count). The Morgan fingerprint density at radius 3 is 1.58 bits per heavy atom. The van der Waals surface area contributed by atoms with Crippen molar-refractivity contribution < 1.29 is 105 Å². The molecule has 0 spiro atoms. The minimum Gasteiger partial charge on any atom is -0.394 e. The van der Waals surface area contributed by atoms with E-state index in [9.17, 15) is 71.5 Å². The van der Waals surface area contributed by atoms with Crippen LogP contribution >= 0.6 is 0 Å². The second kappa shape index (κ2) is 21.8. The summed E-state index contributed by atoms with van der Waals surface area (Å²) in [6.45, 7) is 6.43. The molecule has 0 aromatic heterocycles. The summed E-state index contributed by atoms with van der Waals surface area (Å²) >= 11 is 0. The van der Waals surface area contributed by atoms with Crippen molar-refractivity contribution in [3.8, 4) is 0 Å². The molecule has 30 atom stereocenters. The third kappa shape index (κ3) is 9.62. The third-order valence-electron chi connectivity index (χ3n) is 19.0. The SMILES string of the molecule is CCC[C@@H](C)[C@H]1CC[C@H]2[C@@H]3CC[C@@H]4C[C@H]([C@@H]5OC(CO)[C@@H](O[C@H]6OC(CO)[C@@H](O)[C@H](O)C6O)C(O)[C@@H]5O)CC[C@]4(C)[C@H]3C[C@H](O[C@@H]3OC(CO)[C@@H](O[C@H]4OC(CO)[C@@H](O)[C@H](O)C4O)C(O)C3O)[C@]12C. The molecule has 21 heteroatoms. The van der Waals surface area contributed by atoms with Crippen molar-refractivity contribution >= 4 is 0 Å². The van der Waals surface area contributed by atoms with Crippen LogP contribution in [0.2, 0.25) is 0 Å². The van der Waals surface area contributed by atoms with Crippen LogP contribution in [0.3, 0.4) is 0 Å². The van der Waals surface area contributed by atoms with Gasteiger partial charge in [0.1, 0.15) is 97.7 Å². The molecule has 4 heterocycles. The predicted octanol–water partition coefficient (Wildman–Crippen LogP) is -3.02. The maximum atomic E-state index is 11.8. The van der Waals surface area contributed by atoms with Gasteiger partial charge < -0.3 is 105 Å². The van der Waals surface area contributed by atoms with Gasteiger partial charge in [-0.05, 0) is 98.2 Å². The van der Waals surface area contributed by atoms with Crippen molar-refractivity contribution in [3.05, 3.63) is 0 Å². The average molecular weight is 995 g/mol. The van der Waals surface area contributed by atoms with E-state index >= 15 is 0 Å². The number of rotatable bonds is 14. The van der Waals surface area contributed by atoms with Crippen LogP contribution in [0.25, 0.3) is 0 Å². The van der Waals surface area contributed by atoms with Crippen LogP contribution in [0.4, 0.5) is 0 Å². The van der Waals surface area contributed by atoms with Gasteiger partial charge in [0, 0.05) is 5.41 Å². The van der Waals surface area contributed by atoms with Crippen molar-refractivity contribution in [1.82, 2.24) is 0 Å². The van der Waals surface area contributed by atoms with Crippen LogP contribution in [-0.4, -0.2) is 227 Å². The largest absolute Gasteiger partial charge is 0.394 e. The zero-order valence-electron chi connectivity index (χ0n) is 40.2. The topological polar surface area (TPSA) is 348 Å². The second-order valence-corrected chi connectivity index (χ2v) is 22.5. The predicted molar refractivity (Wildman–Crippen MR) is 236 cm³/mol. The highest BCUT2D eigenvalue weighted by atomic mass is 16.7. The fourth-order valence-corrected chi connectivity index (χ4v) is 15.2. The lowest BCUT2D eigenvalue weighted by Gasteiger charge is -2.64. The first-order valence-electron chi connectivity index (χ1n) is 25.6. The quantitative estimate of drug-likeness (QED) is 0.0771. The summed E-state index contributed by atoms with van der Waals surface area (Å²) in [6, 6.07) is 0. The third-order valence-corrected chi connectivity index (χ3v) is 19.0. The number of hydrogen-bond donors (Lipinski definition) is 14. The molecule has 14 N–H and O–H groups in total. The Morgan fingerprint density at radius 1 is 0.522 bits per heavy atom. The van der Waals surface area contributed by atoms with Crippen LogP contribution < -0.4 is 0 Å². The molecule has 69 heavy (non-hydrogen) atoms. The molecule has 0 bridgehead atoms. The molecule has 4 aliphatic carbocycles. The highest BCUT2D eigenvalue weighted by molar-refractivity contribution is 5.14. The fraction of sp³-hybridized carbons (Fsp3) is 1.00. The smallest absolute Gasteiger partial charge is 0.187 e. The van der Waals surface area contributed by atoms with E-state index in [-0.39, 0.29) is 34.5 Å². The Bertz CT molecular complexity index is 1660. The summed E-state index contributed by atoms with van der Waals surface area (Å²) in [5.74, 6) is 1.45. The maximum Gasteiger partial charge on any atom is 0.187 e. The van der Waals surface area contributed by atoms with Crippen LogP contribution in [0.5, 0.6) is 0 Å². The minimum atomic E-state index is -1.79. The molecule has 8 fully saturated rings. The Hall–Kier alpha value is -0.840. The van der Waals surface area contributed by atoms with Crippen LogP contribution in [-0.2, 0) is 33.2 Å². The van der Waals surface area contributed by atoms with Gasteiger partial charge in [0.25, 0.3) is 0 Å². The Morgan fingerprint density at radius 2 is 1.03 bits per heavy atom. The summed E-state index contributed by atoms with van der Waals surface area (Å²) in [5, 5.41) is 150. The summed E-state index contributed by atoms with van der Waals surface area (Å²) < 4.78 is 42.4. The van der Waals surface area contributed by atoms with Gasteiger partial charge in [-0.25, -0.2) is 0 Å². The van der Waals surface area contributed by atoms with Crippen molar-refractivity contribution in [3.63, 3.8) is 0 Å². The van der Waals surface area contributed by atoms with E-state index in [0.29, 0.717) is 37.0 Å². The van der Waals surface area contributed by atoms with E-state index in [2.05, 4.69) is 27.7 Å². The Balaban J connectivity index is 0.990. The van der Waals surface area contributed by atoms with Gasteiger partial charge in [-0.15, -0.1) is 0 Å². The zero-order valence-corrected chi connectivity index (χ0v) is 40.2. The highest BCUT2D eigenvalue weighted by Gasteiger charge is 2.66. The first kappa shape index (κ1) is 54.4. The molecule has 9 unspecified atom stereocenters. The van der Waals surface area contributed by atoms with Gasteiger partial charge >= 0.3 is 0 Å². The van der Waals surface area contributed by atoms with E-state index in [1.165, 1.54) is 0 Å². The van der Waals surface area contributed by atoms with Gasteiger partial charge in [-0.1, -0.05) is 40.5 Å². The lowest BCUT2D eigenvalue weighted by Crippen LogP contribution is -2.66. The molecule has 0 aromatic rings. The summed E-state index contributed by atoms with van der Waals surface area (Å²) in [6.07, 6.45) is -22.0. The zero-order chi connectivity index (χ0) is 50.0. The van der Waals surface area contributed by atoms with Crippen molar-refractivity contribution in [1.29, 1.82) is 0 Å². The molecule has 0 radical (unpaired) electrons. The second-order valence-electron chi connectivity index (χ2n) is 22.5. The van der Waals surface area contributed by atoms with E-state index < -0.39 is 155 Å². The lowest BCUT2D eigenvalue weighted by molar-refractivity contribution is -0.369. The first-order valence-corrected chi connectivity index (χ1v) is 25.6. The summed E-state index contributed by atoms with van der Waals surface area (Å²) in [7, 11) is 0. The van der Waals surface area contributed by atoms with Crippen molar-refractivity contribution in [2.75, 3.05) is 26.4 Å². The first-order chi connectivity index (χ1) is 32.8. The molecule has 8 aliphatic rings. The molecular weight excluding hydrogens is 913 g/mol. The van der Waals surface area contributed by atoms with E-state index in [1.807, 2.05) is 0 Å². The van der Waals surface area contributed by atoms with Gasteiger partial charge in [0.2, 0.25) is 0 Å². The van der Waals surface area contributed by atoms with E-state index in [0.717, 1.165) is 44.9 Å². The van der Waals surface area contributed by atoms with Crippen LogP contribution in [0, 0.1) is 52.3 Å². The van der Waals surface area contributed by atoms with Crippen LogP contribution in [0.1, 0.15) is 91.9 Å². The maximum absolute atomic E-state index is 11.8. The lowest BCUT2D eigenvalue weighted by atomic mass is 9.43. The highest BCUT2D eigenvalue weighted by Crippen LogP contribution is 2.69. The number of aliphatic hydroxyl groups excluding tert-OH is 14. The van der Waals surface area contributed by atoms with Gasteiger partial charge in [-0.2, -0.15) is 0 Å². The number of aliphatic hydroxyl groups is 14. The number of hydrogen-bond acceptors (Lipinski definition) is 21. The molecule has 4 saturated carbocycles. The van der Waals surface area contributed by atoms with Gasteiger partial charge in [0.05, 0.1) is 38.6 Å². The van der Waals surface area contributed by atoms with Crippen LogP contribution in [0.15, 0.2) is 0 Å². The van der Waals surface area contributed by atoms with E-state index in [4.69, 9.17) is 33.2 Å². The molecule has 0 aromatic carbocycles. The average Bonchev–Trinajstić information content (AvgIpc) is 3.71. The molecule has 4 saturated heterocycles. The standard InChI is InChI=1S/C48H82O21/c1-5-6-19(2)23-9-10-24-22-8-7-21-13-20(41-35(57)36(58)42(28(17-51)63-41)68-45-38(60)33(55)31(53)26(15-49)64-45)11-12-47(21,3)25(22)14-30(48(23,24)4)67-44-40(62)37(59)43(29(18-52)66-44)69-46-39(61)34(56)32(54)27(16-50)65-46/h19-46,49-62H,5-18H2,1-4H3/t19-,20-,21-,22+,23-,24+,25+,26?,27?,28?,29?,30+,31-,32-,33+,34+,35+,36?,37?,38?,39?,40?,41+,42-,43-,44+,45-,46-,47+,48-/m1/s1. The molecular formula is C48H82O21. The number of fused-ring (bicyclic) bond motifs is 5. The Labute approximate surface area is 403 Å². The van der Waals surface area contributed by atoms with Crippen molar-refractivity contribution in [2.24, 2.45) is 52.3 Å². The fourth-order valence-electron chi connectivity index (χ4n) is 15.2. The molecule has 0 amide bonds. The minimum absolute atomic E-state index is 0.173. The number of ether oxygens (including phenoxy) is 7. The molecule has 21 nitrogen and oxygen atoms in total. The summed E-state index contributed by atoms with van der Waals surface area (Å²) in [4.78, 5) is 0. The summed E-state index contributed by atoms with van der Waals surface area (Å²) in [5.41, 5.74) is -0.533. The normalized spacial score (nSPS) is 55.1. The monoisotopic (exact) mass is 995 g/mol. The Kier molecular flexibility index (Phi) is 17.2. The molecule has 400 valence electrons.